The van der Waals surface area contributed by atoms with Gasteiger partial charge in [-0.05, 0) is 12.1 Å². The molecule has 0 spiro atoms. The molecule has 2 N–H and O–H groups in total. The van der Waals surface area contributed by atoms with E-state index in [0.29, 0.717) is 0 Å². The molecule has 0 radical (unpaired) electrons. The highest BCUT2D eigenvalue weighted by molar-refractivity contribution is 5.40. The first-order valence-electron chi connectivity index (χ1n) is 5.17. The van der Waals surface area contributed by atoms with E-state index in [0.717, 1.165) is 11.3 Å². The zero-order valence-electron chi connectivity index (χ0n) is 8.52. The maximum absolute atomic E-state index is 9.77. The Bertz CT molecular complexity index is 511. The molecule has 5 heteroatoms. The van der Waals surface area contributed by atoms with Crippen molar-refractivity contribution in [3.8, 4) is 0 Å². The lowest BCUT2D eigenvalue weighted by Crippen LogP contribution is -2.25. The van der Waals surface area contributed by atoms with Crippen LogP contribution in [-0.2, 0) is 4.74 Å². The van der Waals surface area contributed by atoms with Crippen LogP contribution >= 0.6 is 0 Å². The topological polar surface area (TPSA) is 67.0 Å². The van der Waals surface area contributed by atoms with E-state index < -0.39 is 18.3 Å². The third-order valence-corrected chi connectivity index (χ3v) is 2.89. The first kappa shape index (κ1) is 9.77. The van der Waals surface area contributed by atoms with Crippen molar-refractivity contribution in [2.24, 2.45) is 0 Å². The summed E-state index contributed by atoms with van der Waals surface area (Å²) >= 11 is 0. The molecule has 1 unspecified atom stereocenters. The minimum Gasteiger partial charge on any atom is -0.388 e. The van der Waals surface area contributed by atoms with Crippen LogP contribution in [0.2, 0.25) is 0 Å². The van der Waals surface area contributed by atoms with E-state index in [-0.39, 0.29) is 6.61 Å². The number of nitrogens with zero attached hydrogens (tertiary/aromatic N) is 2. The second-order valence-corrected chi connectivity index (χ2v) is 3.92. The predicted octanol–water partition coefficient (Wildman–Crippen LogP) is 0.127. The molecule has 84 valence electrons. The number of pyridine rings is 1. The van der Waals surface area contributed by atoms with E-state index in [1.165, 1.54) is 0 Å². The Morgan fingerprint density at radius 1 is 1.38 bits per heavy atom. The fourth-order valence-corrected chi connectivity index (χ4v) is 2.02. The molecule has 1 aliphatic rings. The van der Waals surface area contributed by atoms with E-state index in [1.807, 2.05) is 28.8 Å². The van der Waals surface area contributed by atoms with E-state index >= 15 is 0 Å². The van der Waals surface area contributed by atoms with Crippen LogP contribution in [0.5, 0.6) is 0 Å². The van der Waals surface area contributed by atoms with Gasteiger partial charge in [0.15, 0.2) is 0 Å². The molecule has 0 aromatic carbocycles. The largest absolute Gasteiger partial charge is 0.388 e. The van der Waals surface area contributed by atoms with Gasteiger partial charge in [-0.25, -0.2) is 4.98 Å². The van der Waals surface area contributed by atoms with Crippen molar-refractivity contribution < 1.29 is 14.9 Å². The van der Waals surface area contributed by atoms with Crippen molar-refractivity contribution in [2.75, 3.05) is 6.61 Å². The maximum Gasteiger partial charge on any atom is 0.136 e. The van der Waals surface area contributed by atoms with Crippen molar-refractivity contribution in [1.29, 1.82) is 0 Å². The third-order valence-electron chi connectivity index (χ3n) is 2.89. The maximum atomic E-state index is 9.77. The molecular weight excluding hydrogens is 208 g/mol. The molecule has 3 heterocycles. The Kier molecular flexibility index (Phi) is 2.17. The number of ether oxygens (including phenoxy) is 1. The quantitative estimate of drug-likeness (QED) is 0.716. The van der Waals surface area contributed by atoms with Crippen molar-refractivity contribution in [3.63, 3.8) is 0 Å². The number of aromatic nitrogens is 2. The Labute approximate surface area is 91.9 Å². The molecule has 0 saturated carbocycles. The van der Waals surface area contributed by atoms with Gasteiger partial charge >= 0.3 is 0 Å². The molecule has 3 atom stereocenters. The number of aliphatic hydroxyl groups excluding tert-OH is 2. The van der Waals surface area contributed by atoms with Gasteiger partial charge < -0.3 is 19.4 Å². The molecular formula is C11H12N2O3. The molecule has 1 aliphatic heterocycles. The van der Waals surface area contributed by atoms with Crippen molar-refractivity contribution in [3.05, 3.63) is 36.3 Å². The number of aliphatic hydroxyl groups is 2. The average molecular weight is 220 g/mol. The molecule has 0 bridgehead atoms. The van der Waals surface area contributed by atoms with Gasteiger partial charge in [-0.15, -0.1) is 0 Å². The van der Waals surface area contributed by atoms with Crippen LogP contribution < -0.4 is 0 Å². The van der Waals surface area contributed by atoms with Crippen LogP contribution in [0.3, 0.4) is 0 Å². The molecule has 2 aromatic rings. The highest BCUT2D eigenvalue weighted by Crippen LogP contribution is 2.29. The van der Waals surface area contributed by atoms with E-state index in [2.05, 4.69) is 4.98 Å². The average Bonchev–Trinajstić information content (AvgIpc) is 2.85. The molecule has 16 heavy (non-hydrogen) atoms. The van der Waals surface area contributed by atoms with Gasteiger partial charge in [0.2, 0.25) is 0 Å². The second kappa shape index (κ2) is 3.55. The lowest BCUT2D eigenvalue weighted by Gasteiger charge is -2.14. The summed E-state index contributed by atoms with van der Waals surface area (Å²) in [5, 5.41) is 19.2. The predicted molar refractivity (Wildman–Crippen MR) is 55.9 cm³/mol. The van der Waals surface area contributed by atoms with Crippen LogP contribution in [0.1, 0.15) is 11.8 Å². The molecule has 1 fully saturated rings. The summed E-state index contributed by atoms with van der Waals surface area (Å²) in [6.07, 6.45) is 1.31. The SMILES string of the molecule is O[C@@H]1COC(c2cnc3ccccn23)[C@@H]1O. The van der Waals surface area contributed by atoms with Crippen LogP contribution in [0.15, 0.2) is 30.6 Å². The summed E-state index contributed by atoms with van der Waals surface area (Å²) in [7, 11) is 0. The zero-order chi connectivity index (χ0) is 11.1. The zero-order valence-corrected chi connectivity index (χ0v) is 8.52. The van der Waals surface area contributed by atoms with E-state index in [4.69, 9.17) is 4.74 Å². The molecule has 0 amide bonds. The van der Waals surface area contributed by atoms with Crippen molar-refractivity contribution >= 4 is 5.65 Å². The molecule has 0 aliphatic carbocycles. The highest BCUT2D eigenvalue weighted by atomic mass is 16.5. The molecule has 3 rings (SSSR count). The fourth-order valence-electron chi connectivity index (χ4n) is 2.02. The van der Waals surface area contributed by atoms with Crippen molar-refractivity contribution in [2.45, 2.75) is 18.3 Å². The lowest BCUT2D eigenvalue weighted by atomic mass is 10.1. The summed E-state index contributed by atoms with van der Waals surface area (Å²) in [6, 6.07) is 5.66. The summed E-state index contributed by atoms with van der Waals surface area (Å²) in [5.41, 5.74) is 1.56. The Balaban J connectivity index is 2.06. The number of fused-ring (bicyclic) bond motifs is 1. The van der Waals surface area contributed by atoms with Gasteiger partial charge in [-0.1, -0.05) is 6.07 Å². The molecule has 2 aromatic heterocycles. The van der Waals surface area contributed by atoms with Gasteiger partial charge in [0, 0.05) is 6.20 Å². The minimum atomic E-state index is -0.889. The summed E-state index contributed by atoms with van der Waals surface area (Å²) in [6.45, 7) is 0.159. The van der Waals surface area contributed by atoms with Gasteiger partial charge in [0.05, 0.1) is 18.5 Å². The lowest BCUT2D eigenvalue weighted by molar-refractivity contribution is 0.0201. The first-order chi connectivity index (χ1) is 7.77. The first-order valence-corrected chi connectivity index (χ1v) is 5.17. The Morgan fingerprint density at radius 3 is 3.00 bits per heavy atom. The number of hydrogen-bond acceptors (Lipinski definition) is 4. The van der Waals surface area contributed by atoms with E-state index in [9.17, 15) is 10.2 Å². The fraction of sp³-hybridized carbons (Fsp3) is 0.364. The second-order valence-electron chi connectivity index (χ2n) is 3.92. The van der Waals surface area contributed by atoms with Gasteiger partial charge in [-0.3, -0.25) is 0 Å². The molecule has 5 nitrogen and oxygen atoms in total. The number of rotatable bonds is 1. The minimum absolute atomic E-state index is 0.159. The summed E-state index contributed by atoms with van der Waals surface area (Å²) in [5.74, 6) is 0. The Morgan fingerprint density at radius 2 is 2.25 bits per heavy atom. The number of imidazole rings is 1. The van der Waals surface area contributed by atoms with Crippen LogP contribution in [0.25, 0.3) is 5.65 Å². The van der Waals surface area contributed by atoms with Gasteiger partial charge in [0.25, 0.3) is 0 Å². The van der Waals surface area contributed by atoms with Crippen LogP contribution in [-0.4, -0.2) is 38.4 Å². The van der Waals surface area contributed by atoms with Crippen LogP contribution in [0.4, 0.5) is 0 Å². The standard InChI is InChI=1S/C11H12N2O3/c14-8-6-16-11(10(8)15)7-5-12-9-3-1-2-4-13(7)9/h1-5,8,10-11,14-15H,6H2/t8-,10-,11?/m1/s1. The monoisotopic (exact) mass is 220 g/mol. The smallest absolute Gasteiger partial charge is 0.136 e. The Hall–Kier alpha value is -1.43. The number of hydrogen-bond donors (Lipinski definition) is 2. The van der Waals surface area contributed by atoms with Crippen molar-refractivity contribution in [1.82, 2.24) is 9.38 Å². The summed E-state index contributed by atoms with van der Waals surface area (Å²) < 4.78 is 7.22. The molecule has 1 saturated heterocycles. The van der Waals surface area contributed by atoms with Gasteiger partial charge in [0.1, 0.15) is 24.0 Å². The van der Waals surface area contributed by atoms with Crippen LogP contribution in [0, 0.1) is 0 Å². The normalized spacial score (nSPS) is 30.0. The summed E-state index contributed by atoms with van der Waals surface area (Å²) in [4.78, 5) is 4.21. The third kappa shape index (κ3) is 1.33. The van der Waals surface area contributed by atoms with Gasteiger partial charge in [-0.2, -0.15) is 0 Å². The highest BCUT2D eigenvalue weighted by Gasteiger charge is 2.37. The van der Waals surface area contributed by atoms with E-state index in [1.54, 1.807) is 6.20 Å².